The van der Waals surface area contributed by atoms with Crippen molar-refractivity contribution < 1.29 is 9.84 Å². The molecular formula is C11H18O2Si. The topological polar surface area (TPSA) is 29.5 Å². The van der Waals surface area contributed by atoms with Gasteiger partial charge in [-0.1, -0.05) is 31.6 Å². The molecule has 1 aliphatic heterocycles. The van der Waals surface area contributed by atoms with Gasteiger partial charge < -0.3 is 9.84 Å². The third-order valence-electron chi connectivity index (χ3n) is 1.86. The van der Waals surface area contributed by atoms with Gasteiger partial charge in [0.05, 0.1) is 12.7 Å². The number of hydrogen-bond donors (Lipinski definition) is 1. The third kappa shape index (κ3) is 3.67. The standard InChI is InChI=1S/C11H18O2Si/c1-10-5-6-11(12,9-13-10)7-8-14(2,3)4/h5-6,10,12H,9H2,1-4H3/t10-,11-/m1/s1. The van der Waals surface area contributed by atoms with E-state index in [4.69, 9.17) is 4.74 Å². The smallest absolute Gasteiger partial charge is 0.166 e. The molecule has 0 spiro atoms. The van der Waals surface area contributed by atoms with E-state index in [2.05, 4.69) is 31.1 Å². The van der Waals surface area contributed by atoms with Crippen molar-refractivity contribution in [2.45, 2.75) is 38.3 Å². The predicted octanol–water partition coefficient (Wildman–Crippen LogP) is 1.57. The van der Waals surface area contributed by atoms with Crippen molar-refractivity contribution in [2.24, 2.45) is 0 Å². The van der Waals surface area contributed by atoms with Gasteiger partial charge in [0.1, 0.15) is 8.07 Å². The molecular weight excluding hydrogens is 192 g/mol. The van der Waals surface area contributed by atoms with Crippen LogP contribution in [0.2, 0.25) is 19.6 Å². The Hall–Kier alpha value is -0.563. The highest BCUT2D eigenvalue weighted by molar-refractivity contribution is 6.83. The molecule has 2 nitrogen and oxygen atoms in total. The lowest BCUT2D eigenvalue weighted by atomic mass is 10.0. The van der Waals surface area contributed by atoms with Gasteiger partial charge >= 0.3 is 0 Å². The van der Waals surface area contributed by atoms with Gasteiger partial charge in [0.2, 0.25) is 0 Å². The summed E-state index contributed by atoms with van der Waals surface area (Å²) in [6.07, 6.45) is 3.68. The quantitative estimate of drug-likeness (QED) is 0.374. The van der Waals surface area contributed by atoms with Crippen molar-refractivity contribution in [3.63, 3.8) is 0 Å². The number of aliphatic hydroxyl groups is 1. The Morgan fingerprint density at radius 3 is 2.57 bits per heavy atom. The lowest BCUT2D eigenvalue weighted by Crippen LogP contribution is -2.36. The zero-order chi connectivity index (χ0) is 10.8. The molecule has 3 heteroatoms. The van der Waals surface area contributed by atoms with Crippen LogP contribution in [0.25, 0.3) is 0 Å². The van der Waals surface area contributed by atoms with E-state index >= 15 is 0 Å². The second-order valence-corrected chi connectivity index (χ2v) is 9.55. The maximum absolute atomic E-state index is 9.99. The summed E-state index contributed by atoms with van der Waals surface area (Å²) in [6.45, 7) is 8.68. The second kappa shape index (κ2) is 3.89. The summed E-state index contributed by atoms with van der Waals surface area (Å²) in [5.74, 6) is 2.91. The average Bonchev–Trinajstić information content (AvgIpc) is 2.07. The lowest BCUT2D eigenvalue weighted by Gasteiger charge is -2.25. The van der Waals surface area contributed by atoms with Crippen LogP contribution in [0.4, 0.5) is 0 Å². The predicted molar refractivity (Wildman–Crippen MR) is 60.6 cm³/mol. The molecule has 1 heterocycles. The zero-order valence-electron chi connectivity index (χ0n) is 9.29. The van der Waals surface area contributed by atoms with E-state index in [1.165, 1.54) is 0 Å². The van der Waals surface area contributed by atoms with Crippen LogP contribution in [0.5, 0.6) is 0 Å². The molecule has 0 aliphatic carbocycles. The van der Waals surface area contributed by atoms with Crippen LogP contribution in [-0.2, 0) is 4.74 Å². The molecule has 0 unspecified atom stereocenters. The summed E-state index contributed by atoms with van der Waals surface area (Å²) in [7, 11) is -1.42. The number of hydrogen-bond acceptors (Lipinski definition) is 2. The van der Waals surface area contributed by atoms with Crippen LogP contribution in [0, 0.1) is 11.5 Å². The molecule has 0 saturated heterocycles. The summed E-state index contributed by atoms with van der Waals surface area (Å²) < 4.78 is 5.33. The molecule has 0 bridgehead atoms. The SMILES string of the molecule is C[C@@H]1C=C[C@@](O)(C#C[Si](C)(C)C)CO1. The van der Waals surface area contributed by atoms with Gasteiger partial charge in [0.25, 0.3) is 0 Å². The fourth-order valence-corrected chi connectivity index (χ4v) is 1.62. The first kappa shape index (κ1) is 11.5. The van der Waals surface area contributed by atoms with Gasteiger partial charge in [0, 0.05) is 0 Å². The Balaban J connectivity index is 2.76. The highest BCUT2D eigenvalue weighted by atomic mass is 28.3. The van der Waals surface area contributed by atoms with Crippen molar-refractivity contribution in [2.75, 3.05) is 6.61 Å². The molecule has 0 saturated carbocycles. The van der Waals surface area contributed by atoms with Gasteiger partial charge in [-0.05, 0) is 13.0 Å². The molecule has 1 aliphatic rings. The third-order valence-corrected chi connectivity index (χ3v) is 2.74. The van der Waals surface area contributed by atoms with Gasteiger partial charge in [-0.15, -0.1) is 5.54 Å². The van der Waals surface area contributed by atoms with Crippen LogP contribution in [0.3, 0.4) is 0 Å². The Bertz CT molecular complexity index is 293. The lowest BCUT2D eigenvalue weighted by molar-refractivity contribution is -0.00994. The summed E-state index contributed by atoms with van der Waals surface area (Å²) in [6, 6.07) is 0. The largest absolute Gasteiger partial charge is 0.372 e. The highest BCUT2D eigenvalue weighted by Crippen LogP contribution is 2.15. The summed E-state index contributed by atoms with van der Waals surface area (Å²) >= 11 is 0. The van der Waals surface area contributed by atoms with Gasteiger partial charge in [-0.25, -0.2) is 0 Å². The van der Waals surface area contributed by atoms with E-state index in [0.29, 0.717) is 0 Å². The molecule has 14 heavy (non-hydrogen) atoms. The normalized spacial score (nSPS) is 32.2. The molecule has 0 amide bonds. The highest BCUT2D eigenvalue weighted by Gasteiger charge is 2.26. The molecule has 78 valence electrons. The van der Waals surface area contributed by atoms with Crippen molar-refractivity contribution in [3.8, 4) is 11.5 Å². The van der Waals surface area contributed by atoms with Crippen molar-refractivity contribution in [3.05, 3.63) is 12.2 Å². The molecule has 1 N–H and O–H groups in total. The first-order valence-corrected chi connectivity index (χ1v) is 8.38. The summed E-state index contributed by atoms with van der Waals surface area (Å²) in [5.41, 5.74) is 2.09. The Morgan fingerprint density at radius 1 is 1.50 bits per heavy atom. The van der Waals surface area contributed by atoms with E-state index in [1.54, 1.807) is 6.08 Å². The van der Waals surface area contributed by atoms with Crippen LogP contribution < -0.4 is 0 Å². The van der Waals surface area contributed by atoms with Crippen LogP contribution in [-0.4, -0.2) is 31.5 Å². The molecule has 0 aromatic heterocycles. The van der Waals surface area contributed by atoms with E-state index in [0.717, 1.165) is 0 Å². The average molecular weight is 210 g/mol. The molecule has 0 fully saturated rings. The second-order valence-electron chi connectivity index (χ2n) is 4.80. The number of ether oxygens (including phenoxy) is 1. The minimum atomic E-state index is -1.42. The molecule has 1 rings (SSSR count). The zero-order valence-corrected chi connectivity index (χ0v) is 10.3. The molecule has 0 aromatic rings. The fourth-order valence-electron chi connectivity index (χ4n) is 1.03. The van der Waals surface area contributed by atoms with E-state index in [1.807, 2.05) is 13.0 Å². The summed E-state index contributed by atoms with van der Waals surface area (Å²) in [5, 5.41) is 9.99. The van der Waals surface area contributed by atoms with Crippen LogP contribution in [0.1, 0.15) is 6.92 Å². The minimum Gasteiger partial charge on any atom is -0.372 e. The first-order chi connectivity index (χ1) is 6.31. The Morgan fingerprint density at radius 2 is 2.14 bits per heavy atom. The maximum Gasteiger partial charge on any atom is 0.166 e. The molecule has 0 radical (unpaired) electrons. The van der Waals surface area contributed by atoms with E-state index < -0.39 is 13.7 Å². The van der Waals surface area contributed by atoms with Crippen molar-refractivity contribution in [1.29, 1.82) is 0 Å². The summed E-state index contributed by atoms with van der Waals surface area (Å²) in [4.78, 5) is 0. The van der Waals surface area contributed by atoms with Crippen molar-refractivity contribution in [1.82, 2.24) is 0 Å². The van der Waals surface area contributed by atoms with E-state index in [-0.39, 0.29) is 12.7 Å². The number of rotatable bonds is 0. The van der Waals surface area contributed by atoms with E-state index in [9.17, 15) is 5.11 Å². The van der Waals surface area contributed by atoms with Gasteiger partial charge in [-0.2, -0.15) is 0 Å². The molecule has 0 aromatic carbocycles. The molecule has 2 atom stereocenters. The monoisotopic (exact) mass is 210 g/mol. The Labute approximate surface area is 87.0 Å². The fraction of sp³-hybridized carbons (Fsp3) is 0.636. The van der Waals surface area contributed by atoms with Gasteiger partial charge in [-0.3, -0.25) is 0 Å². The van der Waals surface area contributed by atoms with Crippen molar-refractivity contribution >= 4 is 8.07 Å². The van der Waals surface area contributed by atoms with Crippen LogP contribution in [0.15, 0.2) is 12.2 Å². The Kier molecular flexibility index (Phi) is 3.20. The first-order valence-electron chi connectivity index (χ1n) is 4.88. The minimum absolute atomic E-state index is 0.0870. The maximum atomic E-state index is 9.99. The van der Waals surface area contributed by atoms with Crippen LogP contribution >= 0.6 is 0 Å². The van der Waals surface area contributed by atoms with Gasteiger partial charge in [0.15, 0.2) is 5.60 Å².